The molecule has 4 heteroatoms. The third-order valence-electron chi connectivity index (χ3n) is 3.13. The third-order valence-corrected chi connectivity index (χ3v) is 3.13. The number of nitrogen functional groups attached to an aromatic ring is 1. The highest BCUT2D eigenvalue weighted by Gasteiger charge is 2.15. The van der Waals surface area contributed by atoms with Crippen LogP contribution in [0.25, 0.3) is 11.1 Å². The van der Waals surface area contributed by atoms with Crippen molar-refractivity contribution in [2.75, 3.05) is 5.73 Å². The molecule has 2 rings (SSSR count). The molecule has 0 aliphatic rings. The SMILES string of the molecule is CCCCCc1nn(C)c(N)c1-c1cccnc1. The smallest absolute Gasteiger partial charge is 0.129 e. The van der Waals surface area contributed by atoms with Gasteiger partial charge in [0, 0.05) is 30.6 Å². The van der Waals surface area contributed by atoms with Crippen LogP contribution < -0.4 is 5.73 Å². The number of rotatable bonds is 5. The molecule has 0 fully saturated rings. The molecule has 0 aromatic carbocycles. The molecule has 0 unspecified atom stereocenters. The Kier molecular flexibility index (Phi) is 3.97. The van der Waals surface area contributed by atoms with E-state index >= 15 is 0 Å². The van der Waals surface area contributed by atoms with Crippen LogP contribution in [0.1, 0.15) is 31.9 Å². The fourth-order valence-corrected chi connectivity index (χ4v) is 2.14. The molecule has 0 aliphatic heterocycles. The zero-order valence-electron chi connectivity index (χ0n) is 11.1. The van der Waals surface area contributed by atoms with E-state index in [2.05, 4.69) is 17.0 Å². The summed E-state index contributed by atoms with van der Waals surface area (Å²) in [6.07, 6.45) is 8.18. The predicted octanol–water partition coefficient (Wildman–Crippen LogP) is 2.80. The Hall–Kier alpha value is -1.84. The van der Waals surface area contributed by atoms with Gasteiger partial charge in [-0.1, -0.05) is 25.8 Å². The molecule has 2 aromatic rings. The van der Waals surface area contributed by atoms with Crippen molar-refractivity contribution in [1.29, 1.82) is 0 Å². The first-order valence-electron chi connectivity index (χ1n) is 6.45. The van der Waals surface area contributed by atoms with Crippen molar-refractivity contribution in [3.05, 3.63) is 30.2 Å². The number of hydrogen-bond acceptors (Lipinski definition) is 3. The maximum Gasteiger partial charge on any atom is 0.129 e. The van der Waals surface area contributed by atoms with Crippen molar-refractivity contribution >= 4 is 5.82 Å². The van der Waals surface area contributed by atoms with Gasteiger partial charge in [0.1, 0.15) is 5.82 Å². The summed E-state index contributed by atoms with van der Waals surface area (Å²) in [4.78, 5) is 4.16. The van der Waals surface area contributed by atoms with Gasteiger partial charge in [0.25, 0.3) is 0 Å². The van der Waals surface area contributed by atoms with Crippen molar-refractivity contribution in [3.63, 3.8) is 0 Å². The highest BCUT2D eigenvalue weighted by atomic mass is 15.3. The van der Waals surface area contributed by atoms with Gasteiger partial charge in [0.15, 0.2) is 0 Å². The van der Waals surface area contributed by atoms with Crippen molar-refractivity contribution in [3.8, 4) is 11.1 Å². The van der Waals surface area contributed by atoms with Crippen LogP contribution >= 0.6 is 0 Å². The Bertz CT molecular complexity index is 502. The van der Waals surface area contributed by atoms with Crippen LogP contribution in [0.3, 0.4) is 0 Å². The molecule has 0 saturated carbocycles. The summed E-state index contributed by atoms with van der Waals surface area (Å²) in [7, 11) is 1.89. The number of unbranched alkanes of at least 4 members (excludes halogenated alkanes) is 2. The van der Waals surface area contributed by atoms with E-state index < -0.39 is 0 Å². The molecular weight excluding hydrogens is 224 g/mol. The Balaban J connectivity index is 2.33. The fraction of sp³-hybridized carbons (Fsp3) is 0.429. The number of nitrogens with two attached hydrogens (primary N) is 1. The number of pyridine rings is 1. The molecule has 2 heterocycles. The zero-order chi connectivity index (χ0) is 13.0. The van der Waals surface area contributed by atoms with E-state index in [4.69, 9.17) is 5.73 Å². The van der Waals surface area contributed by atoms with Gasteiger partial charge in [-0.15, -0.1) is 0 Å². The summed E-state index contributed by atoms with van der Waals surface area (Å²) < 4.78 is 1.75. The van der Waals surface area contributed by atoms with Crippen LogP contribution in [0.2, 0.25) is 0 Å². The second-order valence-electron chi connectivity index (χ2n) is 4.53. The highest BCUT2D eigenvalue weighted by Crippen LogP contribution is 2.29. The lowest BCUT2D eigenvalue weighted by atomic mass is 10.0. The average Bonchev–Trinajstić information content (AvgIpc) is 2.67. The van der Waals surface area contributed by atoms with Gasteiger partial charge in [-0.2, -0.15) is 5.10 Å². The molecule has 2 aromatic heterocycles. The standard InChI is InChI=1S/C14H20N4/c1-3-4-5-8-12-13(14(15)18(2)17-12)11-7-6-9-16-10-11/h6-7,9-10H,3-5,8,15H2,1-2H3. The maximum atomic E-state index is 6.11. The molecule has 2 N–H and O–H groups in total. The van der Waals surface area contributed by atoms with E-state index in [0.717, 1.165) is 35.5 Å². The first-order valence-corrected chi connectivity index (χ1v) is 6.45. The van der Waals surface area contributed by atoms with E-state index in [1.165, 1.54) is 12.8 Å². The molecule has 0 aliphatic carbocycles. The van der Waals surface area contributed by atoms with Gasteiger partial charge < -0.3 is 5.73 Å². The van der Waals surface area contributed by atoms with E-state index in [9.17, 15) is 0 Å². The Morgan fingerprint density at radius 3 is 2.83 bits per heavy atom. The number of anilines is 1. The number of aromatic nitrogens is 3. The lowest BCUT2D eigenvalue weighted by Gasteiger charge is -2.03. The lowest BCUT2D eigenvalue weighted by molar-refractivity contribution is 0.685. The van der Waals surface area contributed by atoms with E-state index in [0.29, 0.717) is 0 Å². The van der Waals surface area contributed by atoms with Crippen molar-refractivity contribution < 1.29 is 0 Å². The summed E-state index contributed by atoms with van der Waals surface area (Å²) in [5, 5.41) is 4.52. The van der Waals surface area contributed by atoms with Gasteiger partial charge in [-0.25, -0.2) is 0 Å². The van der Waals surface area contributed by atoms with Crippen LogP contribution in [-0.4, -0.2) is 14.8 Å². The Morgan fingerprint density at radius 2 is 2.17 bits per heavy atom. The molecule has 96 valence electrons. The molecule has 0 radical (unpaired) electrons. The molecule has 0 saturated heterocycles. The largest absolute Gasteiger partial charge is 0.383 e. The second-order valence-corrected chi connectivity index (χ2v) is 4.53. The van der Waals surface area contributed by atoms with Crippen LogP contribution in [0.4, 0.5) is 5.82 Å². The maximum absolute atomic E-state index is 6.11. The molecule has 0 spiro atoms. The van der Waals surface area contributed by atoms with E-state index in [1.54, 1.807) is 10.9 Å². The predicted molar refractivity (Wildman–Crippen MR) is 74.1 cm³/mol. The third kappa shape index (κ3) is 2.53. The van der Waals surface area contributed by atoms with Gasteiger partial charge in [0.05, 0.1) is 5.69 Å². The average molecular weight is 244 g/mol. The van der Waals surface area contributed by atoms with Crippen molar-refractivity contribution in [2.45, 2.75) is 32.6 Å². The summed E-state index contributed by atoms with van der Waals surface area (Å²) in [6, 6.07) is 3.96. The second kappa shape index (κ2) is 5.67. The van der Waals surface area contributed by atoms with Crippen LogP contribution in [0, 0.1) is 0 Å². The molecule has 0 bridgehead atoms. The minimum absolute atomic E-state index is 0.717. The molecule has 0 amide bonds. The van der Waals surface area contributed by atoms with Crippen molar-refractivity contribution in [1.82, 2.24) is 14.8 Å². The number of nitrogens with zero attached hydrogens (tertiary/aromatic N) is 3. The quantitative estimate of drug-likeness (QED) is 0.823. The molecular formula is C14H20N4. The Labute approximate surface area is 108 Å². The zero-order valence-corrected chi connectivity index (χ0v) is 11.1. The van der Waals surface area contributed by atoms with Gasteiger partial charge in [-0.3, -0.25) is 9.67 Å². The van der Waals surface area contributed by atoms with Crippen LogP contribution in [0.15, 0.2) is 24.5 Å². The first kappa shape index (κ1) is 12.6. The van der Waals surface area contributed by atoms with Crippen molar-refractivity contribution in [2.24, 2.45) is 7.05 Å². The monoisotopic (exact) mass is 244 g/mol. The summed E-state index contributed by atoms with van der Waals surface area (Å²) in [6.45, 7) is 2.20. The molecule has 4 nitrogen and oxygen atoms in total. The van der Waals surface area contributed by atoms with Crippen LogP contribution in [-0.2, 0) is 13.5 Å². The Morgan fingerprint density at radius 1 is 1.33 bits per heavy atom. The van der Waals surface area contributed by atoms with Crippen LogP contribution in [0.5, 0.6) is 0 Å². The van der Waals surface area contributed by atoms with Gasteiger partial charge in [0.2, 0.25) is 0 Å². The number of aryl methyl sites for hydroxylation is 2. The summed E-state index contributed by atoms with van der Waals surface area (Å²) in [5.41, 5.74) is 9.29. The van der Waals surface area contributed by atoms with E-state index in [1.807, 2.05) is 25.4 Å². The minimum Gasteiger partial charge on any atom is -0.383 e. The minimum atomic E-state index is 0.717. The normalized spacial score (nSPS) is 10.8. The lowest BCUT2D eigenvalue weighted by Crippen LogP contribution is -1.98. The fourth-order valence-electron chi connectivity index (χ4n) is 2.14. The van der Waals surface area contributed by atoms with Gasteiger partial charge >= 0.3 is 0 Å². The summed E-state index contributed by atoms with van der Waals surface area (Å²) >= 11 is 0. The van der Waals surface area contributed by atoms with Gasteiger partial charge in [-0.05, 0) is 18.9 Å². The number of hydrogen-bond donors (Lipinski definition) is 1. The highest BCUT2D eigenvalue weighted by molar-refractivity contribution is 5.76. The van der Waals surface area contributed by atoms with E-state index in [-0.39, 0.29) is 0 Å². The molecule has 18 heavy (non-hydrogen) atoms. The molecule has 0 atom stereocenters. The summed E-state index contributed by atoms with van der Waals surface area (Å²) in [5.74, 6) is 0.717. The first-order chi connectivity index (χ1) is 8.74. The topological polar surface area (TPSA) is 56.7 Å².